The van der Waals surface area contributed by atoms with E-state index in [9.17, 15) is 4.79 Å². The highest BCUT2D eigenvalue weighted by molar-refractivity contribution is 5.85. The highest BCUT2D eigenvalue weighted by Crippen LogP contribution is 2.30. The van der Waals surface area contributed by atoms with Gasteiger partial charge in [-0.2, -0.15) is 0 Å². The molecule has 0 atom stereocenters. The Hall–Kier alpha value is -0.280. The van der Waals surface area contributed by atoms with E-state index in [0.717, 1.165) is 44.3 Å². The summed E-state index contributed by atoms with van der Waals surface area (Å²) >= 11 is 0. The van der Waals surface area contributed by atoms with Crippen LogP contribution in [-0.2, 0) is 4.79 Å². The van der Waals surface area contributed by atoms with Crippen molar-refractivity contribution in [2.24, 2.45) is 11.8 Å². The predicted molar refractivity (Wildman–Crippen MR) is 77.1 cm³/mol. The number of likely N-dealkylation sites (tertiary alicyclic amines) is 1. The fourth-order valence-corrected chi connectivity index (χ4v) is 2.94. The average molecular weight is 275 g/mol. The van der Waals surface area contributed by atoms with Crippen LogP contribution in [0.4, 0.5) is 0 Å². The summed E-state index contributed by atoms with van der Waals surface area (Å²) in [5.74, 6) is 2.04. The average Bonchev–Trinajstić information content (AvgIpc) is 2.28. The normalized spacial score (nSPS) is 21.3. The molecule has 2 rings (SSSR count). The van der Waals surface area contributed by atoms with Crippen molar-refractivity contribution in [3.05, 3.63) is 0 Å². The van der Waals surface area contributed by atoms with Gasteiger partial charge in [0, 0.05) is 19.5 Å². The second kappa shape index (κ2) is 8.00. The molecule has 2 fully saturated rings. The zero-order chi connectivity index (χ0) is 12.1. The van der Waals surface area contributed by atoms with Crippen LogP contribution in [-0.4, -0.2) is 37.5 Å². The van der Waals surface area contributed by atoms with Crippen molar-refractivity contribution in [1.82, 2.24) is 10.2 Å². The minimum Gasteiger partial charge on any atom is -0.343 e. The van der Waals surface area contributed by atoms with E-state index >= 15 is 0 Å². The molecule has 2 aliphatic rings. The third kappa shape index (κ3) is 4.43. The fourth-order valence-electron chi connectivity index (χ4n) is 2.94. The number of nitrogens with one attached hydrogen (secondary N) is 1. The summed E-state index contributed by atoms with van der Waals surface area (Å²) in [6.07, 6.45) is 8.38. The number of carbonyl (C=O) groups is 1. The maximum atomic E-state index is 12.0. The topological polar surface area (TPSA) is 32.3 Å². The van der Waals surface area contributed by atoms with Crippen molar-refractivity contribution in [2.75, 3.05) is 26.7 Å². The van der Waals surface area contributed by atoms with Crippen molar-refractivity contribution in [3.8, 4) is 0 Å². The number of carbonyl (C=O) groups excluding carboxylic acids is 1. The van der Waals surface area contributed by atoms with Crippen molar-refractivity contribution >= 4 is 18.3 Å². The molecular formula is C14H27ClN2O. The summed E-state index contributed by atoms with van der Waals surface area (Å²) < 4.78 is 0. The fraction of sp³-hybridized carbons (Fsp3) is 0.929. The van der Waals surface area contributed by atoms with Crippen LogP contribution in [0.3, 0.4) is 0 Å². The van der Waals surface area contributed by atoms with E-state index < -0.39 is 0 Å². The number of rotatable bonds is 5. The Morgan fingerprint density at radius 2 is 1.83 bits per heavy atom. The molecule has 0 aromatic carbocycles. The first-order valence-corrected chi connectivity index (χ1v) is 7.22. The molecule has 1 aliphatic carbocycles. The molecule has 0 unspecified atom stereocenters. The molecule has 0 spiro atoms. The first-order chi connectivity index (χ1) is 8.29. The largest absolute Gasteiger partial charge is 0.343 e. The van der Waals surface area contributed by atoms with E-state index in [1.807, 2.05) is 7.05 Å². The molecule has 106 valence electrons. The lowest BCUT2D eigenvalue weighted by molar-refractivity contribution is -0.133. The van der Waals surface area contributed by atoms with Gasteiger partial charge in [0.15, 0.2) is 0 Å². The van der Waals surface area contributed by atoms with Gasteiger partial charge in [-0.15, -0.1) is 12.4 Å². The maximum Gasteiger partial charge on any atom is 0.222 e. The van der Waals surface area contributed by atoms with Gasteiger partial charge in [0.05, 0.1) is 0 Å². The highest BCUT2D eigenvalue weighted by atomic mass is 35.5. The smallest absolute Gasteiger partial charge is 0.222 e. The number of halogens is 1. The van der Waals surface area contributed by atoms with Gasteiger partial charge in [-0.05, 0) is 44.7 Å². The van der Waals surface area contributed by atoms with E-state index in [0.29, 0.717) is 5.91 Å². The van der Waals surface area contributed by atoms with Crippen molar-refractivity contribution < 1.29 is 4.79 Å². The second-order valence-corrected chi connectivity index (χ2v) is 5.72. The SMILES string of the molecule is CNCC1CCN(C(=O)CCC2CCC2)CC1.Cl. The molecule has 0 aromatic rings. The van der Waals surface area contributed by atoms with Gasteiger partial charge < -0.3 is 10.2 Å². The molecule has 3 nitrogen and oxygen atoms in total. The lowest BCUT2D eigenvalue weighted by Crippen LogP contribution is -2.40. The second-order valence-electron chi connectivity index (χ2n) is 5.72. The zero-order valence-corrected chi connectivity index (χ0v) is 12.3. The number of hydrogen-bond donors (Lipinski definition) is 1. The van der Waals surface area contributed by atoms with E-state index in [1.54, 1.807) is 0 Å². The standard InChI is InChI=1S/C14H26N2O.ClH/c1-15-11-13-7-9-16(10-8-13)14(17)6-5-12-3-2-4-12;/h12-13,15H,2-11H2,1H3;1H. The predicted octanol–water partition coefficient (Wildman–Crippen LogP) is 2.45. The lowest BCUT2D eigenvalue weighted by atomic mass is 9.82. The van der Waals surface area contributed by atoms with E-state index in [4.69, 9.17) is 0 Å². The number of piperidine rings is 1. The van der Waals surface area contributed by atoms with Crippen LogP contribution in [0.25, 0.3) is 0 Å². The van der Waals surface area contributed by atoms with Gasteiger partial charge in [-0.1, -0.05) is 19.3 Å². The van der Waals surface area contributed by atoms with Gasteiger partial charge in [0.2, 0.25) is 5.91 Å². The van der Waals surface area contributed by atoms with Crippen LogP contribution in [0.2, 0.25) is 0 Å². The van der Waals surface area contributed by atoms with E-state index in [1.165, 1.54) is 32.1 Å². The number of nitrogens with zero attached hydrogens (tertiary/aromatic N) is 1. The molecule has 1 N–H and O–H groups in total. The third-order valence-electron chi connectivity index (χ3n) is 4.45. The van der Waals surface area contributed by atoms with Crippen LogP contribution >= 0.6 is 12.4 Å². The van der Waals surface area contributed by atoms with Crippen LogP contribution in [0.15, 0.2) is 0 Å². The van der Waals surface area contributed by atoms with Crippen LogP contribution in [0, 0.1) is 11.8 Å². The molecule has 0 radical (unpaired) electrons. The molecular weight excluding hydrogens is 248 g/mol. The zero-order valence-electron chi connectivity index (χ0n) is 11.5. The van der Waals surface area contributed by atoms with Gasteiger partial charge in [-0.25, -0.2) is 0 Å². The summed E-state index contributed by atoms with van der Waals surface area (Å²) in [6.45, 7) is 3.07. The quantitative estimate of drug-likeness (QED) is 0.835. The summed E-state index contributed by atoms with van der Waals surface area (Å²) in [6, 6.07) is 0. The number of amides is 1. The van der Waals surface area contributed by atoms with Gasteiger partial charge in [0.1, 0.15) is 0 Å². The summed E-state index contributed by atoms with van der Waals surface area (Å²) in [5.41, 5.74) is 0. The molecule has 0 bridgehead atoms. The monoisotopic (exact) mass is 274 g/mol. The summed E-state index contributed by atoms with van der Waals surface area (Å²) in [7, 11) is 2.01. The summed E-state index contributed by atoms with van der Waals surface area (Å²) in [4.78, 5) is 14.1. The maximum absolute atomic E-state index is 12.0. The van der Waals surface area contributed by atoms with Crippen LogP contribution in [0.1, 0.15) is 44.9 Å². The first-order valence-electron chi connectivity index (χ1n) is 7.22. The van der Waals surface area contributed by atoms with Crippen LogP contribution in [0.5, 0.6) is 0 Å². The first kappa shape index (κ1) is 15.8. The molecule has 1 aliphatic heterocycles. The summed E-state index contributed by atoms with van der Waals surface area (Å²) in [5, 5.41) is 3.23. The molecule has 4 heteroatoms. The van der Waals surface area contributed by atoms with Crippen molar-refractivity contribution in [2.45, 2.75) is 44.9 Å². The third-order valence-corrected chi connectivity index (χ3v) is 4.45. The van der Waals surface area contributed by atoms with Crippen molar-refractivity contribution in [3.63, 3.8) is 0 Å². The Bertz CT molecular complexity index is 248. The van der Waals surface area contributed by atoms with Gasteiger partial charge in [-0.3, -0.25) is 4.79 Å². The molecule has 0 aromatic heterocycles. The highest BCUT2D eigenvalue weighted by Gasteiger charge is 2.24. The van der Waals surface area contributed by atoms with Gasteiger partial charge >= 0.3 is 0 Å². The van der Waals surface area contributed by atoms with E-state index in [2.05, 4.69) is 10.2 Å². The molecule has 1 saturated carbocycles. The molecule has 1 amide bonds. The molecule has 1 heterocycles. The number of hydrogen-bond acceptors (Lipinski definition) is 2. The molecule has 18 heavy (non-hydrogen) atoms. The Kier molecular flexibility index (Phi) is 7.02. The minimum atomic E-state index is 0. The minimum absolute atomic E-state index is 0. The Labute approximate surface area is 117 Å². The Morgan fingerprint density at radius 3 is 2.33 bits per heavy atom. The molecule has 1 saturated heterocycles. The Morgan fingerprint density at radius 1 is 1.17 bits per heavy atom. The van der Waals surface area contributed by atoms with Gasteiger partial charge in [0.25, 0.3) is 0 Å². The van der Waals surface area contributed by atoms with Crippen molar-refractivity contribution in [1.29, 1.82) is 0 Å². The Balaban J connectivity index is 0.00000162. The van der Waals surface area contributed by atoms with E-state index in [-0.39, 0.29) is 12.4 Å². The lowest BCUT2D eigenvalue weighted by Gasteiger charge is -2.33. The van der Waals surface area contributed by atoms with Crippen LogP contribution < -0.4 is 5.32 Å².